The number of hydrogen-bond donors (Lipinski definition) is 2. The molecule has 2 rings (SSSR count). The van der Waals surface area contributed by atoms with Crippen LogP contribution in [-0.2, 0) is 0 Å². The molecule has 0 spiro atoms. The maximum absolute atomic E-state index is 10.7. The van der Waals surface area contributed by atoms with Crippen molar-refractivity contribution in [1.29, 1.82) is 0 Å². The maximum atomic E-state index is 10.7. The molecule has 0 aliphatic heterocycles. The number of nitro groups is 1. The molecule has 0 aliphatic carbocycles. The van der Waals surface area contributed by atoms with Gasteiger partial charge in [-0.1, -0.05) is 13.8 Å². The van der Waals surface area contributed by atoms with Crippen molar-refractivity contribution in [3.63, 3.8) is 0 Å². The molecule has 2 N–H and O–H groups in total. The number of anilines is 1. The fourth-order valence-corrected chi connectivity index (χ4v) is 1.67. The molecule has 0 fully saturated rings. The number of aliphatic hydroxyl groups is 1. The zero-order valence-electron chi connectivity index (χ0n) is 10.7. The number of aromatic nitrogens is 1. The van der Waals surface area contributed by atoms with E-state index in [1.165, 1.54) is 18.2 Å². The molecular formula is C12H15N3O4. The third-order valence-corrected chi connectivity index (χ3v) is 2.89. The van der Waals surface area contributed by atoms with Crippen LogP contribution in [0.1, 0.15) is 13.8 Å². The minimum atomic E-state index is -0.486. The van der Waals surface area contributed by atoms with Crippen molar-refractivity contribution in [1.82, 2.24) is 4.98 Å². The van der Waals surface area contributed by atoms with E-state index < -0.39 is 4.92 Å². The van der Waals surface area contributed by atoms with Gasteiger partial charge < -0.3 is 14.8 Å². The second-order valence-electron chi connectivity index (χ2n) is 4.61. The first-order valence-corrected chi connectivity index (χ1v) is 5.93. The summed E-state index contributed by atoms with van der Waals surface area (Å²) in [4.78, 5) is 14.3. The summed E-state index contributed by atoms with van der Waals surface area (Å²) < 4.78 is 5.40. The summed E-state index contributed by atoms with van der Waals surface area (Å²) >= 11 is 0. The Hall–Kier alpha value is -2.15. The van der Waals surface area contributed by atoms with E-state index in [-0.39, 0.29) is 30.3 Å². The second kappa shape index (κ2) is 5.23. The lowest BCUT2D eigenvalue weighted by Crippen LogP contribution is -2.29. The fourth-order valence-electron chi connectivity index (χ4n) is 1.67. The average Bonchev–Trinajstić information content (AvgIpc) is 2.76. The standard InChI is InChI=1S/C12H15N3O4/c1-7(2)10(6-16)14-12-13-9-4-3-8(15(17)18)5-11(9)19-12/h3-5,7,10,16H,6H2,1-2H3,(H,13,14). The highest BCUT2D eigenvalue weighted by Gasteiger charge is 2.16. The number of aliphatic hydroxyl groups excluding tert-OH is 1. The van der Waals surface area contributed by atoms with Crippen molar-refractivity contribution in [2.45, 2.75) is 19.9 Å². The number of fused-ring (bicyclic) bond motifs is 1. The molecule has 2 aromatic rings. The van der Waals surface area contributed by atoms with E-state index in [1.54, 1.807) is 0 Å². The third-order valence-electron chi connectivity index (χ3n) is 2.89. The van der Waals surface area contributed by atoms with E-state index in [0.717, 1.165) is 0 Å². The lowest BCUT2D eigenvalue weighted by molar-refractivity contribution is -0.384. The van der Waals surface area contributed by atoms with Gasteiger partial charge in [0.2, 0.25) is 0 Å². The van der Waals surface area contributed by atoms with Crippen LogP contribution in [0.2, 0.25) is 0 Å². The summed E-state index contributed by atoms with van der Waals surface area (Å²) in [5.41, 5.74) is 0.837. The van der Waals surface area contributed by atoms with Crippen molar-refractivity contribution < 1.29 is 14.4 Å². The molecular weight excluding hydrogens is 250 g/mol. The summed E-state index contributed by atoms with van der Waals surface area (Å²) in [5.74, 6) is 0.203. The topological polar surface area (TPSA) is 101 Å². The largest absolute Gasteiger partial charge is 0.423 e. The smallest absolute Gasteiger partial charge is 0.295 e. The number of nitro benzene ring substituents is 1. The van der Waals surface area contributed by atoms with Gasteiger partial charge in [0, 0.05) is 6.07 Å². The van der Waals surface area contributed by atoms with Gasteiger partial charge in [-0.3, -0.25) is 10.1 Å². The molecule has 0 amide bonds. The number of nitrogens with zero attached hydrogens (tertiary/aromatic N) is 2. The second-order valence-corrected chi connectivity index (χ2v) is 4.61. The highest BCUT2D eigenvalue weighted by atomic mass is 16.6. The summed E-state index contributed by atoms with van der Waals surface area (Å²) in [6.07, 6.45) is 0. The molecule has 0 aliphatic rings. The van der Waals surface area contributed by atoms with Crippen molar-refractivity contribution in [3.8, 4) is 0 Å². The molecule has 1 aromatic carbocycles. The number of oxazole rings is 1. The van der Waals surface area contributed by atoms with Crippen molar-refractivity contribution >= 4 is 22.8 Å². The Bertz CT molecular complexity index is 594. The van der Waals surface area contributed by atoms with E-state index in [2.05, 4.69) is 10.3 Å². The van der Waals surface area contributed by atoms with Crippen LogP contribution in [0.4, 0.5) is 11.7 Å². The number of nitrogens with one attached hydrogen (secondary N) is 1. The van der Waals surface area contributed by atoms with E-state index in [4.69, 9.17) is 4.42 Å². The Morgan fingerprint density at radius 1 is 1.53 bits per heavy atom. The van der Waals surface area contributed by atoms with Crippen LogP contribution >= 0.6 is 0 Å². The lowest BCUT2D eigenvalue weighted by atomic mass is 10.1. The molecule has 19 heavy (non-hydrogen) atoms. The SMILES string of the molecule is CC(C)C(CO)Nc1nc2ccc([N+](=O)[O-])cc2o1. The summed E-state index contributed by atoms with van der Waals surface area (Å²) in [7, 11) is 0. The molecule has 1 aromatic heterocycles. The van der Waals surface area contributed by atoms with Crippen LogP contribution in [0, 0.1) is 16.0 Å². The molecule has 0 saturated heterocycles. The maximum Gasteiger partial charge on any atom is 0.295 e. The Kier molecular flexibility index (Phi) is 3.66. The summed E-state index contributed by atoms with van der Waals surface area (Å²) in [6, 6.07) is 4.31. The van der Waals surface area contributed by atoms with Gasteiger partial charge in [-0.15, -0.1) is 0 Å². The van der Waals surface area contributed by atoms with E-state index in [0.29, 0.717) is 11.1 Å². The first-order chi connectivity index (χ1) is 9.01. The highest BCUT2D eigenvalue weighted by molar-refractivity contribution is 5.77. The molecule has 7 nitrogen and oxygen atoms in total. The Balaban J connectivity index is 2.28. The van der Waals surface area contributed by atoms with Gasteiger partial charge in [-0.25, -0.2) is 0 Å². The van der Waals surface area contributed by atoms with Gasteiger partial charge in [0.05, 0.1) is 23.6 Å². The molecule has 102 valence electrons. The van der Waals surface area contributed by atoms with Crippen LogP contribution in [0.3, 0.4) is 0 Å². The van der Waals surface area contributed by atoms with E-state index in [9.17, 15) is 15.2 Å². The molecule has 1 heterocycles. The van der Waals surface area contributed by atoms with Crippen molar-refractivity contribution in [2.75, 3.05) is 11.9 Å². The van der Waals surface area contributed by atoms with Gasteiger partial charge in [-0.2, -0.15) is 4.98 Å². The fraction of sp³-hybridized carbons (Fsp3) is 0.417. The first-order valence-electron chi connectivity index (χ1n) is 5.93. The highest BCUT2D eigenvalue weighted by Crippen LogP contribution is 2.24. The van der Waals surface area contributed by atoms with Gasteiger partial charge in [0.1, 0.15) is 5.52 Å². The summed E-state index contributed by atoms with van der Waals surface area (Å²) in [5, 5.41) is 22.9. The predicted molar refractivity (Wildman–Crippen MR) is 70.0 cm³/mol. The normalized spacial score (nSPS) is 12.8. The minimum absolute atomic E-state index is 0.0437. The van der Waals surface area contributed by atoms with Gasteiger partial charge in [-0.05, 0) is 12.0 Å². The Morgan fingerprint density at radius 2 is 2.26 bits per heavy atom. The summed E-state index contributed by atoms with van der Waals surface area (Å²) in [6.45, 7) is 3.87. The van der Waals surface area contributed by atoms with Crippen LogP contribution in [-0.4, -0.2) is 27.7 Å². The minimum Gasteiger partial charge on any atom is -0.423 e. The Morgan fingerprint density at radius 3 is 2.84 bits per heavy atom. The molecule has 0 saturated carbocycles. The number of non-ortho nitro benzene ring substituents is 1. The van der Waals surface area contributed by atoms with Crippen LogP contribution in [0.25, 0.3) is 11.1 Å². The predicted octanol–water partition coefficient (Wildman–Crippen LogP) is 2.16. The van der Waals surface area contributed by atoms with Gasteiger partial charge in [0.15, 0.2) is 5.58 Å². The number of rotatable bonds is 5. The third kappa shape index (κ3) is 2.82. The lowest BCUT2D eigenvalue weighted by Gasteiger charge is -2.18. The van der Waals surface area contributed by atoms with Crippen molar-refractivity contribution in [2.24, 2.45) is 5.92 Å². The zero-order valence-corrected chi connectivity index (χ0v) is 10.7. The molecule has 0 bridgehead atoms. The molecule has 1 unspecified atom stereocenters. The molecule has 0 radical (unpaired) electrons. The zero-order chi connectivity index (χ0) is 14.0. The number of benzene rings is 1. The van der Waals surface area contributed by atoms with Gasteiger partial charge >= 0.3 is 0 Å². The van der Waals surface area contributed by atoms with E-state index >= 15 is 0 Å². The van der Waals surface area contributed by atoms with E-state index in [1.807, 2.05) is 13.8 Å². The quantitative estimate of drug-likeness (QED) is 0.634. The van der Waals surface area contributed by atoms with Crippen molar-refractivity contribution in [3.05, 3.63) is 28.3 Å². The molecule has 1 atom stereocenters. The van der Waals surface area contributed by atoms with Gasteiger partial charge in [0.25, 0.3) is 11.7 Å². The Labute approximate surface area is 109 Å². The molecule has 7 heteroatoms. The van der Waals surface area contributed by atoms with Crippen LogP contribution < -0.4 is 5.32 Å². The monoisotopic (exact) mass is 265 g/mol. The van der Waals surface area contributed by atoms with Crippen LogP contribution in [0.5, 0.6) is 0 Å². The van der Waals surface area contributed by atoms with Crippen LogP contribution in [0.15, 0.2) is 22.6 Å². The number of hydrogen-bond acceptors (Lipinski definition) is 6. The first kappa shape index (κ1) is 13.3. The average molecular weight is 265 g/mol.